The molecule has 1 unspecified atom stereocenters. The number of nitrogens with zero attached hydrogens (tertiary/aromatic N) is 2. The number of ether oxygens (including phenoxy) is 1. The number of pyridine rings is 1. The largest absolute Gasteiger partial charge is 0.480 e. The average Bonchev–Trinajstić information content (AvgIpc) is 2.71. The highest BCUT2D eigenvalue weighted by molar-refractivity contribution is 7.90. The van der Waals surface area contributed by atoms with E-state index in [9.17, 15) is 35.2 Å². The zero-order chi connectivity index (χ0) is 23.8. The molecule has 2 aromatic rings. The lowest BCUT2D eigenvalue weighted by Crippen LogP contribution is -2.37. The number of rotatable bonds is 5. The molecule has 0 aliphatic carbocycles. The van der Waals surface area contributed by atoms with Crippen LogP contribution in [0, 0.1) is 0 Å². The van der Waals surface area contributed by atoms with Crippen molar-refractivity contribution in [2.75, 3.05) is 12.8 Å². The maximum absolute atomic E-state index is 13.1. The van der Waals surface area contributed by atoms with Crippen LogP contribution in [0.1, 0.15) is 40.7 Å². The number of amides is 1. The van der Waals surface area contributed by atoms with Crippen molar-refractivity contribution < 1.29 is 39.9 Å². The van der Waals surface area contributed by atoms with Gasteiger partial charge in [0.1, 0.15) is 11.4 Å². The van der Waals surface area contributed by atoms with Crippen molar-refractivity contribution in [3.8, 4) is 5.75 Å². The molecule has 2 heterocycles. The number of carbonyl (C=O) groups is 1. The lowest BCUT2D eigenvalue weighted by molar-refractivity contribution is -0.189. The van der Waals surface area contributed by atoms with Crippen LogP contribution in [0.3, 0.4) is 0 Å². The normalized spacial score (nSPS) is 15.4. The van der Waals surface area contributed by atoms with Crippen molar-refractivity contribution in [3.05, 3.63) is 52.8 Å². The summed E-state index contributed by atoms with van der Waals surface area (Å²) in [6.07, 6.45) is -8.62. The van der Waals surface area contributed by atoms with E-state index in [0.29, 0.717) is 11.3 Å². The van der Waals surface area contributed by atoms with E-state index in [2.05, 4.69) is 4.98 Å². The third-order valence-electron chi connectivity index (χ3n) is 4.95. The number of hydrogen-bond acceptors (Lipinski definition) is 5. The molecule has 0 N–H and O–H groups in total. The molecule has 0 saturated heterocycles. The minimum Gasteiger partial charge on any atom is -0.480 e. The molecule has 3 rings (SSSR count). The summed E-state index contributed by atoms with van der Waals surface area (Å²) in [6.45, 7) is 0.799. The molecule has 0 fully saturated rings. The number of alkyl halides is 5. The van der Waals surface area contributed by atoms with Crippen LogP contribution in [-0.4, -0.2) is 49.3 Å². The van der Waals surface area contributed by atoms with Gasteiger partial charge in [-0.2, -0.15) is 13.2 Å². The molecule has 12 heteroatoms. The number of benzene rings is 1. The SMILES string of the molecule is CC(Oc1ccc(S(C)(=O)=O)cc1C(=O)N1CCc2nc(C(F)F)ccc2C1)C(F)(F)F. The lowest BCUT2D eigenvalue weighted by atomic mass is 10.0. The van der Waals surface area contributed by atoms with E-state index in [1.165, 1.54) is 11.0 Å². The van der Waals surface area contributed by atoms with Crippen LogP contribution in [0.25, 0.3) is 0 Å². The van der Waals surface area contributed by atoms with Crippen molar-refractivity contribution in [1.82, 2.24) is 9.88 Å². The molecule has 1 amide bonds. The Kier molecular flexibility index (Phi) is 6.45. The quantitative estimate of drug-likeness (QED) is 0.609. The number of sulfone groups is 1. The van der Waals surface area contributed by atoms with Gasteiger partial charge in [0.25, 0.3) is 12.3 Å². The van der Waals surface area contributed by atoms with Gasteiger partial charge in [0.2, 0.25) is 0 Å². The maximum atomic E-state index is 13.1. The predicted molar refractivity (Wildman–Crippen MR) is 103 cm³/mol. The van der Waals surface area contributed by atoms with Gasteiger partial charge in [-0.15, -0.1) is 0 Å². The van der Waals surface area contributed by atoms with Crippen molar-refractivity contribution in [2.45, 2.75) is 43.5 Å². The summed E-state index contributed by atoms with van der Waals surface area (Å²) < 4.78 is 93.4. The van der Waals surface area contributed by atoms with Gasteiger partial charge in [0, 0.05) is 31.5 Å². The standard InChI is InChI=1S/C20H19F5N2O4S/c1-11(20(23,24)25)31-17-6-4-13(32(2,29)30)9-14(17)19(28)27-8-7-15-12(10-27)3-5-16(26-15)18(21)22/h3-6,9,11,18H,7-8,10H2,1-2H3. The Bertz CT molecular complexity index is 1140. The van der Waals surface area contributed by atoms with Gasteiger partial charge in [-0.1, -0.05) is 6.07 Å². The first-order chi connectivity index (χ1) is 14.8. The molecule has 0 bridgehead atoms. The van der Waals surface area contributed by atoms with E-state index in [1.807, 2.05) is 0 Å². The molecule has 174 valence electrons. The number of hydrogen-bond donors (Lipinski definition) is 0. The maximum Gasteiger partial charge on any atom is 0.425 e. The number of aromatic nitrogens is 1. The summed E-state index contributed by atoms with van der Waals surface area (Å²) in [5.41, 5.74) is 0.184. The van der Waals surface area contributed by atoms with Crippen molar-refractivity contribution in [3.63, 3.8) is 0 Å². The van der Waals surface area contributed by atoms with E-state index in [1.54, 1.807) is 0 Å². The van der Waals surface area contributed by atoms with E-state index in [-0.39, 0.29) is 35.7 Å². The van der Waals surface area contributed by atoms with Gasteiger partial charge in [-0.25, -0.2) is 17.2 Å². The zero-order valence-corrected chi connectivity index (χ0v) is 17.8. The van der Waals surface area contributed by atoms with Crippen LogP contribution in [0.5, 0.6) is 5.75 Å². The Morgan fingerprint density at radius 2 is 1.88 bits per heavy atom. The lowest BCUT2D eigenvalue weighted by Gasteiger charge is -2.29. The third kappa shape index (κ3) is 5.17. The number of fused-ring (bicyclic) bond motifs is 1. The second-order valence-corrected chi connectivity index (χ2v) is 9.37. The minimum atomic E-state index is -4.70. The summed E-state index contributed by atoms with van der Waals surface area (Å²) in [6, 6.07) is 5.61. The van der Waals surface area contributed by atoms with Crippen LogP contribution < -0.4 is 4.74 Å². The molecule has 0 radical (unpaired) electrons. The fourth-order valence-corrected chi connectivity index (χ4v) is 3.81. The number of carbonyl (C=O) groups excluding carboxylic acids is 1. The Labute approximate surface area is 180 Å². The number of halogens is 5. The van der Waals surface area contributed by atoms with E-state index in [4.69, 9.17) is 4.74 Å². The second-order valence-electron chi connectivity index (χ2n) is 7.35. The molecule has 0 saturated carbocycles. The summed E-state index contributed by atoms with van der Waals surface area (Å²) in [5.74, 6) is -1.16. The first-order valence-electron chi connectivity index (χ1n) is 9.41. The van der Waals surface area contributed by atoms with Crippen LogP contribution in [0.2, 0.25) is 0 Å². The van der Waals surface area contributed by atoms with Crippen LogP contribution >= 0.6 is 0 Å². The highest BCUT2D eigenvalue weighted by Crippen LogP contribution is 2.31. The van der Waals surface area contributed by atoms with Gasteiger partial charge < -0.3 is 9.64 Å². The smallest absolute Gasteiger partial charge is 0.425 e. The second kappa shape index (κ2) is 8.64. The van der Waals surface area contributed by atoms with Gasteiger partial charge >= 0.3 is 6.18 Å². The molecule has 1 aliphatic rings. The molecule has 1 atom stereocenters. The topological polar surface area (TPSA) is 76.6 Å². The first-order valence-corrected chi connectivity index (χ1v) is 11.3. The highest BCUT2D eigenvalue weighted by atomic mass is 32.2. The summed E-state index contributed by atoms with van der Waals surface area (Å²) >= 11 is 0. The van der Waals surface area contributed by atoms with Gasteiger partial charge in [0.05, 0.1) is 10.5 Å². The fourth-order valence-electron chi connectivity index (χ4n) is 3.17. The fraction of sp³-hybridized carbons (Fsp3) is 0.400. The summed E-state index contributed by atoms with van der Waals surface area (Å²) in [7, 11) is -3.75. The van der Waals surface area contributed by atoms with Crippen molar-refractivity contribution >= 4 is 15.7 Å². The zero-order valence-electron chi connectivity index (χ0n) is 17.0. The van der Waals surface area contributed by atoms with E-state index >= 15 is 0 Å². The Morgan fingerprint density at radius 1 is 1.19 bits per heavy atom. The van der Waals surface area contributed by atoms with Crippen molar-refractivity contribution in [1.29, 1.82) is 0 Å². The van der Waals surface area contributed by atoms with E-state index < -0.39 is 40.2 Å². The minimum absolute atomic E-state index is 0.0257. The Balaban J connectivity index is 1.95. The molecule has 1 aromatic carbocycles. The average molecular weight is 478 g/mol. The Morgan fingerprint density at radius 3 is 2.47 bits per heavy atom. The van der Waals surface area contributed by atoms with Gasteiger partial charge in [-0.05, 0) is 36.8 Å². The molecule has 6 nitrogen and oxygen atoms in total. The van der Waals surface area contributed by atoms with Gasteiger partial charge in [-0.3, -0.25) is 9.78 Å². The monoisotopic (exact) mass is 478 g/mol. The first kappa shape index (κ1) is 23.9. The van der Waals surface area contributed by atoms with Crippen LogP contribution in [0.4, 0.5) is 22.0 Å². The molecular weight excluding hydrogens is 459 g/mol. The molecule has 1 aliphatic heterocycles. The summed E-state index contributed by atoms with van der Waals surface area (Å²) in [5, 5.41) is 0. The molecule has 1 aromatic heterocycles. The predicted octanol–water partition coefficient (Wildman–Crippen LogP) is 3.95. The molecule has 0 spiro atoms. The summed E-state index contributed by atoms with van der Waals surface area (Å²) in [4.78, 5) is 18.1. The van der Waals surface area contributed by atoms with Crippen LogP contribution in [-0.2, 0) is 22.8 Å². The molecular formula is C20H19F5N2O4S. The van der Waals surface area contributed by atoms with Gasteiger partial charge in [0.15, 0.2) is 15.9 Å². The highest BCUT2D eigenvalue weighted by Gasteiger charge is 2.39. The third-order valence-corrected chi connectivity index (χ3v) is 6.07. The molecule has 32 heavy (non-hydrogen) atoms. The van der Waals surface area contributed by atoms with Crippen molar-refractivity contribution in [2.24, 2.45) is 0 Å². The van der Waals surface area contributed by atoms with E-state index in [0.717, 1.165) is 37.4 Å². The van der Waals surface area contributed by atoms with Crippen LogP contribution in [0.15, 0.2) is 35.2 Å². The Hall–Kier alpha value is -2.76.